The lowest BCUT2D eigenvalue weighted by molar-refractivity contribution is -0.384. The number of carbonyl (C=O) groups is 1. The molecule has 0 radical (unpaired) electrons. The van der Waals surface area contributed by atoms with E-state index in [-0.39, 0.29) is 16.7 Å². The maximum Gasteiger partial charge on any atom is 0.410 e. The van der Waals surface area contributed by atoms with Crippen molar-refractivity contribution in [3.8, 4) is 11.1 Å². The Balaban J connectivity index is 1.96. The van der Waals surface area contributed by atoms with Crippen LogP contribution in [0.3, 0.4) is 0 Å². The minimum absolute atomic E-state index is 0.0617. The van der Waals surface area contributed by atoms with Gasteiger partial charge >= 0.3 is 6.09 Å². The zero-order valence-corrected chi connectivity index (χ0v) is 14.5. The van der Waals surface area contributed by atoms with E-state index in [1.54, 1.807) is 23.1 Å². The molecule has 25 heavy (non-hydrogen) atoms. The van der Waals surface area contributed by atoms with E-state index in [2.05, 4.69) is 0 Å². The summed E-state index contributed by atoms with van der Waals surface area (Å²) in [6, 6.07) is 12.3. The van der Waals surface area contributed by atoms with Crippen molar-refractivity contribution in [2.75, 3.05) is 0 Å². The first kappa shape index (κ1) is 17.0. The van der Waals surface area contributed by atoms with E-state index >= 15 is 0 Å². The third-order valence-electron chi connectivity index (χ3n) is 4.03. The van der Waals surface area contributed by atoms with Crippen molar-refractivity contribution in [2.24, 2.45) is 0 Å². The molecule has 130 valence electrons. The number of rotatable bonds is 2. The average Bonchev–Trinajstić information content (AvgIpc) is 2.97. The number of nitrogens with zero attached hydrogens (tertiary/aromatic N) is 2. The summed E-state index contributed by atoms with van der Waals surface area (Å²) >= 11 is 0. The van der Waals surface area contributed by atoms with Crippen LogP contribution in [-0.4, -0.2) is 21.5 Å². The molecule has 3 rings (SSSR count). The molecule has 2 aromatic carbocycles. The second kappa shape index (κ2) is 6.20. The van der Waals surface area contributed by atoms with Crippen LogP contribution in [0.5, 0.6) is 0 Å². The summed E-state index contributed by atoms with van der Waals surface area (Å²) in [5.74, 6) is 0. The van der Waals surface area contributed by atoms with Crippen LogP contribution in [0.25, 0.3) is 11.1 Å². The van der Waals surface area contributed by atoms with Crippen molar-refractivity contribution >= 4 is 11.8 Å². The molecule has 0 saturated heterocycles. The zero-order valence-electron chi connectivity index (χ0n) is 14.5. The number of hydrogen-bond acceptors (Lipinski definition) is 4. The second-order valence-corrected chi connectivity index (χ2v) is 7.05. The van der Waals surface area contributed by atoms with Crippen LogP contribution in [0.1, 0.15) is 31.9 Å². The summed E-state index contributed by atoms with van der Waals surface area (Å²) in [7, 11) is 0. The summed E-state index contributed by atoms with van der Waals surface area (Å²) < 4.78 is 5.44. The Morgan fingerprint density at radius 1 is 1.08 bits per heavy atom. The third kappa shape index (κ3) is 3.47. The van der Waals surface area contributed by atoms with E-state index in [1.165, 1.54) is 6.07 Å². The van der Waals surface area contributed by atoms with Crippen molar-refractivity contribution < 1.29 is 14.5 Å². The van der Waals surface area contributed by atoms with Crippen molar-refractivity contribution in [2.45, 2.75) is 39.5 Å². The molecule has 2 aromatic rings. The predicted octanol–water partition coefficient (Wildman–Crippen LogP) is 4.51. The number of benzene rings is 2. The molecule has 1 heterocycles. The molecule has 0 aromatic heterocycles. The van der Waals surface area contributed by atoms with E-state index in [0.29, 0.717) is 18.7 Å². The standard InChI is InChI=1S/C19H20N2O4/c1-19(2,3)25-18(22)20-11-13-7-6-9-14(16(13)12-20)15-8-4-5-10-17(15)21(23)24/h4-10H,11-12H2,1-3H3. The number of ether oxygens (including phenoxy) is 1. The minimum atomic E-state index is -0.563. The zero-order chi connectivity index (χ0) is 18.2. The number of carbonyl (C=O) groups excluding carboxylic acids is 1. The average molecular weight is 340 g/mol. The van der Waals surface area contributed by atoms with Crippen LogP contribution < -0.4 is 0 Å². The first-order valence-corrected chi connectivity index (χ1v) is 8.09. The second-order valence-electron chi connectivity index (χ2n) is 7.05. The molecule has 6 heteroatoms. The number of nitro groups is 1. The van der Waals surface area contributed by atoms with Crippen molar-refractivity contribution in [3.05, 3.63) is 63.7 Å². The summed E-state index contributed by atoms with van der Waals surface area (Å²) in [4.78, 5) is 24.9. The molecule has 0 atom stereocenters. The molecule has 6 nitrogen and oxygen atoms in total. The number of para-hydroxylation sites is 1. The van der Waals surface area contributed by atoms with Crippen LogP contribution in [0.4, 0.5) is 10.5 Å². The smallest absolute Gasteiger partial charge is 0.410 e. The van der Waals surface area contributed by atoms with Crippen LogP contribution in [0, 0.1) is 10.1 Å². The van der Waals surface area contributed by atoms with Gasteiger partial charge in [-0.1, -0.05) is 30.3 Å². The number of amides is 1. The highest BCUT2D eigenvalue weighted by Gasteiger charge is 2.30. The molecule has 1 aliphatic heterocycles. The van der Waals surface area contributed by atoms with Crippen LogP contribution >= 0.6 is 0 Å². The van der Waals surface area contributed by atoms with Gasteiger partial charge in [0.15, 0.2) is 0 Å². The Morgan fingerprint density at radius 2 is 1.76 bits per heavy atom. The Bertz CT molecular complexity index is 840. The van der Waals surface area contributed by atoms with Gasteiger partial charge in [0.1, 0.15) is 5.60 Å². The van der Waals surface area contributed by atoms with Gasteiger partial charge in [-0.25, -0.2) is 4.79 Å². The monoisotopic (exact) mass is 340 g/mol. The van der Waals surface area contributed by atoms with Crippen LogP contribution in [-0.2, 0) is 17.8 Å². The van der Waals surface area contributed by atoms with Gasteiger partial charge in [0.05, 0.1) is 17.0 Å². The van der Waals surface area contributed by atoms with Crippen molar-refractivity contribution in [3.63, 3.8) is 0 Å². The van der Waals surface area contributed by atoms with E-state index in [0.717, 1.165) is 16.7 Å². The molecule has 0 fully saturated rings. The fourth-order valence-electron chi connectivity index (χ4n) is 2.99. The van der Waals surface area contributed by atoms with Crippen LogP contribution in [0.2, 0.25) is 0 Å². The summed E-state index contributed by atoms with van der Waals surface area (Å²) in [6.45, 7) is 6.30. The minimum Gasteiger partial charge on any atom is -0.444 e. The molecule has 1 amide bonds. The first-order chi connectivity index (χ1) is 11.8. The van der Waals surface area contributed by atoms with Gasteiger partial charge in [-0.05, 0) is 43.5 Å². The molecule has 1 aliphatic rings. The highest BCUT2D eigenvalue weighted by molar-refractivity contribution is 5.78. The van der Waals surface area contributed by atoms with Gasteiger partial charge in [0, 0.05) is 12.6 Å². The normalized spacial score (nSPS) is 13.5. The summed E-state index contributed by atoms with van der Waals surface area (Å²) in [5, 5.41) is 11.3. The Kier molecular flexibility index (Phi) is 4.20. The van der Waals surface area contributed by atoms with Gasteiger partial charge < -0.3 is 4.74 Å². The van der Waals surface area contributed by atoms with Crippen LogP contribution in [0.15, 0.2) is 42.5 Å². The maximum absolute atomic E-state index is 12.3. The maximum atomic E-state index is 12.3. The van der Waals surface area contributed by atoms with Crippen molar-refractivity contribution in [1.29, 1.82) is 0 Å². The fourth-order valence-corrected chi connectivity index (χ4v) is 2.99. The third-order valence-corrected chi connectivity index (χ3v) is 4.03. The molecular weight excluding hydrogens is 320 g/mol. The fraction of sp³-hybridized carbons (Fsp3) is 0.316. The molecule has 0 aliphatic carbocycles. The van der Waals surface area contributed by atoms with Gasteiger partial charge in [0.2, 0.25) is 0 Å². The predicted molar refractivity (Wildman–Crippen MR) is 94.0 cm³/mol. The molecular formula is C19H20N2O4. The summed E-state index contributed by atoms with van der Waals surface area (Å²) in [5.41, 5.74) is 2.77. The molecule has 0 spiro atoms. The number of nitro benzene ring substituents is 1. The van der Waals surface area contributed by atoms with E-state index in [1.807, 2.05) is 39.0 Å². The van der Waals surface area contributed by atoms with Gasteiger partial charge in [-0.3, -0.25) is 15.0 Å². The lowest BCUT2D eigenvalue weighted by atomic mass is 9.96. The lowest BCUT2D eigenvalue weighted by Crippen LogP contribution is -2.33. The van der Waals surface area contributed by atoms with E-state index < -0.39 is 5.60 Å². The SMILES string of the molecule is CC(C)(C)OC(=O)N1Cc2cccc(-c3ccccc3[N+](=O)[O-])c2C1. The Labute approximate surface area is 146 Å². The van der Waals surface area contributed by atoms with E-state index in [4.69, 9.17) is 4.74 Å². The molecule has 0 bridgehead atoms. The summed E-state index contributed by atoms with van der Waals surface area (Å²) in [6.07, 6.45) is -0.378. The first-order valence-electron chi connectivity index (χ1n) is 8.09. The van der Waals surface area contributed by atoms with Gasteiger partial charge in [-0.15, -0.1) is 0 Å². The number of hydrogen-bond donors (Lipinski definition) is 0. The Hall–Kier alpha value is -2.89. The Morgan fingerprint density at radius 3 is 2.44 bits per heavy atom. The largest absolute Gasteiger partial charge is 0.444 e. The van der Waals surface area contributed by atoms with Crippen molar-refractivity contribution in [1.82, 2.24) is 4.90 Å². The topological polar surface area (TPSA) is 72.7 Å². The number of fused-ring (bicyclic) bond motifs is 1. The molecule has 0 N–H and O–H groups in total. The lowest BCUT2D eigenvalue weighted by Gasteiger charge is -2.24. The molecule has 0 unspecified atom stereocenters. The molecule has 0 saturated carbocycles. The quantitative estimate of drug-likeness (QED) is 0.595. The highest BCUT2D eigenvalue weighted by Crippen LogP contribution is 2.37. The van der Waals surface area contributed by atoms with Gasteiger partial charge in [-0.2, -0.15) is 0 Å². The highest BCUT2D eigenvalue weighted by atomic mass is 16.6. The van der Waals surface area contributed by atoms with E-state index in [9.17, 15) is 14.9 Å². The van der Waals surface area contributed by atoms with Gasteiger partial charge in [0.25, 0.3) is 5.69 Å².